The van der Waals surface area contributed by atoms with E-state index in [-0.39, 0.29) is 24.8 Å². The highest BCUT2D eigenvalue weighted by atomic mass is 32.2. The van der Waals surface area contributed by atoms with Crippen LogP contribution in [0.2, 0.25) is 0 Å². The van der Waals surface area contributed by atoms with Gasteiger partial charge in [0.05, 0.1) is 11.5 Å². The van der Waals surface area contributed by atoms with Crippen LogP contribution in [0.3, 0.4) is 0 Å². The lowest BCUT2D eigenvalue weighted by atomic mass is 9.81. The summed E-state index contributed by atoms with van der Waals surface area (Å²) in [5.74, 6) is 0.959. The summed E-state index contributed by atoms with van der Waals surface area (Å²) in [6.45, 7) is 1.28. The van der Waals surface area contributed by atoms with Crippen LogP contribution in [0, 0.1) is 5.41 Å². The van der Waals surface area contributed by atoms with Crippen molar-refractivity contribution in [3.05, 3.63) is 18.2 Å². The van der Waals surface area contributed by atoms with Crippen LogP contribution in [0.25, 0.3) is 0 Å². The van der Waals surface area contributed by atoms with E-state index in [0.29, 0.717) is 37.6 Å². The Labute approximate surface area is 129 Å². The first-order valence-electron chi connectivity index (χ1n) is 7.13. The van der Waals surface area contributed by atoms with Crippen molar-refractivity contribution in [1.29, 1.82) is 0 Å². The summed E-state index contributed by atoms with van der Waals surface area (Å²) in [6.07, 6.45) is 1.26. The summed E-state index contributed by atoms with van der Waals surface area (Å²) in [6, 6.07) is 4.50. The molecule has 0 atom stereocenters. The Balaban J connectivity index is 1.73. The molecule has 1 aromatic rings. The molecule has 0 unspecified atom stereocenters. The number of benzene rings is 1. The van der Waals surface area contributed by atoms with Gasteiger partial charge < -0.3 is 19.3 Å². The second-order valence-corrected chi connectivity index (χ2v) is 7.38. The highest BCUT2D eigenvalue weighted by Crippen LogP contribution is 2.34. The number of sulfonamides is 1. The topological polar surface area (TPSA) is 94.1 Å². The van der Waals surface area contributed by atoms with Gasteiger partial charge in [-0.25, -0.2) is 13.1 Å². The molecule has 2 aliphatic rings. The number of hydrogen-bond donors (Lipinski definition) is 2. The van der Waals surface area contributed by atoms with Crippen LogP contribution in [-0.2, 0) is 14.8 Å². The molecule has 0 radical (unpaired) electrons. The zero-order chi connectivity index (χ0) is 15.6. The van der Waals surface area contributed by atoms with E-state index in [1.807, 2.05) is 0 Å². The minimum absolute atomic E-state index is 0.0694. The molecule has 3 rings (SSSR count). The molecular weight excluding hydrogens is 310 g/mol. The molecule has 1 saturated heterocycles. The van der Waals surface area contributed by atoms with Gasteiger partial charge >= 0.3 is 0 Å². The van der Waals surface area contributed by atoms with Crippen molar-refractivity contribution in [3.63, 3.8) is 0 Å². The van der Waals surface area contributed by atoms with Gasteiger partial charge in [-0.1, -0.05) is 0 Å². The van der Waals surface area contributed by atoms with Crippen molar-refractivity contribution in [2.45, 2.75) is 17.7 Å². The molecule has 122 valence electrons. The Morgan fingerprint density at radius 2 is 1.91 bits per heavy atom. The van der Waals surface area contributed by atoms with Crippen LogP contribution in [-0.4, -0.2) is 46.7 Å². The summed E-state index contributed by atoms with van der Waals surface area (Å²) in [7, 11) is -3.67. The van der Waals surface area contributed by atoms with Gasteiger partial charge in [-0.3, -0.25) is 0 Å². The molecule has 2 N–H and O–H groups in total. The van der Waals surface area contributed by atoms with Crippen molar-refractivity contribution in [3.8, 4) is 11.5 Å². The van der Waals surface area contributed by atoms with Crippen LogP contribution < -0.4 is 14.2 Å². The highest BCUT2D eigenvalue weighted by molar-refractivity contribution is 7.89. The van der Waals surface area contributed by atoms with E-state index in [9.17, 15) is 13.5 Å². The molecule has 7 nitrogen and oxygen atoms in total. The molecule has 0 amide bonds. The van der Waals surface area contributed by atoms with Crippen molar-refractivity contribution in [2.24, 2.45) is 5.41 Å². The zero-order valence-electron chi connectivity index (χ0n) is 12.1. The SMILES string of the molecule is O=S(=O)(NCC1(CO)CCOCC1)c1ccc2c(c1)OCO2. The Bertz CT molecular complexity index is 639. The number of ether oxygens (including phenoxy) is 3. The number of nitrogens with one attached hydrogen (secondary N) is 1. The first-order valence-corrected chi connectivity index (χ1v) is 8.61. The Morgan fingerprint density at radius 1 is 1.18 bits per heavy atom. The Morgan fingerprint density at radius 3 is 2.64 bits per heavy atom. The highest BCUT2D eigenvalue weighted by Gasteiger charge is 2.33. The van der Waals surface area contributed by atoms with Crippen LogP contribution in [0.4, 0.5) is 0 Å². The molecule has 2 heterocycles. The number of hydrogen-bond acceptors (Lipinski definition) is 6. The molecule has 1 fully saturated rings. The monoisotopic (exact) mass is 329 g/mol. The first kappa shape index (κ1) is 15.5. The minimum atomic E-state index is -3.67. The molecular formula is C14H19NO6S. The standard InChI is InChI=1S/C14H19NO6S/c16-9-14(3-5-19-6-4-14)8-15-22(17,18)11-1-2-12-13(7-11)21-10-20-12/h1-2,7,15-16H,3-6,8-10H2. The minimum Gasteiger partial charge on any atom is -0.454 e. The largest absolute Gasteiger partial charge is 0.454 e. The lowest BCUT2D eigenvalue weighted by Gasteiger charge is -2.35. The molecule has 0 bridgehead atoms. The van der Waals surface area contributed by atoms with Crippen molar-refractivity contribution in [2.75, 3.05) is 33.2 Å². The van der Waals surface area contributed by atoms with Crippen molar-refractivity contribution < 1.29 is 27.7 Å². The number of rotatable bonds is 5. The fraction of sp³-hybridized carbons (Fsp3) is 0.571. The summed E-state index contributed by atoms with van der Waals surface area (Å²) in [5, 5.41) is 9.61. The fourth-order valence-electron chi connectivity index (χ4n) is 2.57. The predicted octanol–water partition coefficient (Wildman–Crippen LogP) is 0.483. The Kier molecular flexibility index (Phi) is 4.26. The van der Waals surface area contributed by atoms with E-state index in [4.69, 9.17) is 14.2 Å². The summed E-state index contributed by atoms with van der Waals surface area (Å²) in [4.78, 5) is 0.122. The van der Waals surface area contributed by atoms with Crippen molar-refractivity contribution >= 4 is 10.0 Å². The van der Waals surface area contributed by atoms with Gasteiger partial charge in [0.2, 0.25) is 16.8 Å². The van der Waals surface area contributed by atoms with Gasteiger partial charge in [0, 0.05) is 31.2 Å². The van der Waals surface area contributed by atoms with Gasteiger partial charge in [0.1, 0.15) is 0 Å². The third-order valence-electron chi connectivity index (χ3n) is 4.18. The molecule has 0 spiro atoms. The maximum absolute atomic E-state index is 12.4. The Hall–Kier alpha value is -1.35. The molecule has 8 heteroatoms. The maximum atomic E-state index is 12.4. The van der Waals surface area contributed by atoms with E-state index in [1.165, 1.54) is 12.1 Å². The van der Waals surface area contributed by atoms with Crippen molar-refractivity contribution in [1.82, 2.24) is 4.72 Å². The molecule has 22 heavy (non-hydrogen) atoms. The van der Waals surface area contributed by atoms with Gasteiger partial charge in [0.15, 0.2) is 11.5 Å². The smallest absolute Gasteiger partial charge is 0.240 e. The second kappa shape index (κ2) is 6.04. The lowest BCUT2D eigenvalue weighted by molar-refractivity contribution is -0.0126. The zero-order valence-corrected chi connectivity index (χ0v) is 12.9. The predicted molar refractivity (Wildman–Crippen MR) is 77.3 cm³/mol. The third-order valence-corrected chi connectivity index (χ3v) is 5.58. The van der Waals surface area contributed by atoms with E-state index >= 15 is 0 Å². The second-order valence-electron chi connectivity index (χ2n) is 5.61. The average Bonchev–Trinajstić information content (AvgIpc) is 3.01. The average molecular weight is 329 g/mol. The molecule has 0 aromatic heterocycles. The van der Waals surface area contributed by atoms with Gasteiger partial charge in [-0.05, 0) is 25.0 Å². The summed E-state index contributed by atoms with van der Waals surface area (Å²) >= 11 is 0. The van der Waals surface area contributed by atoms with E-state index in [0.717, 1.165) is 0 Å². The number of aliphatic hydroxyl groups is 1. The van der Waals surface area contributed by atoms with Crippen LogP contribution in [0.5, 0.6) is 11.5 Å². The third kappa shape index (κ3) is 3.05. The normalized spacial score (nSPS) is 20.0. The molecule has 0 saturated carbocycles. The van der Waals surface area contributed by atoms with E-state index < -0.39 is 15.4 Å². The van der Waals surface area contributed by atoms with E-state index in [1.54, 1.807) is 6.07 Å². The van der Waals surface area contributed by atoms with Gasteiger partial charge in [0.25, 0.3) is 0 Å². The first-order chi connectivity index (χ1) is 10.5. The number of aliphatic hydroxyl groups excluding tert-OH is 1. The van der Waals surface area contributed by atoms with E-state index in [2.05, 4.69) is 4.72 Å². The molecule has 0 aliphatic carbocycles. The fourth-order valence-corrected chi connectivity index (χ4v) is 3.74. The molecule has 2 aliphatic heterocycles. The van der Waals surface area contributed by atoms with Crippen LogP contribution in [0.15, 0.2) is 23.1 Å². The summed E-state index contributed by atoms with van der Waals surface area (Å²) < 4.78 is 43.1. The molecule has 1 aromatic carbocycles. The van der Waals surface area contributed by atoms with Crippen LogP contribution in [0.1, 0.15) is 12.8 Å². The van der Waals surface area contributed by atoms with Crippen LogP contribution >= 0.6 is 0 Å². The maximum Gasteiger partial charge on any atom is 0.240 e. The summed E-state index contributed by atoms with van der Waals surface area (Å²) in [5.41, 5.74) is -0.457. The van der Waals surface area contributed by atoms with Gasteiger partial charge in [-0.15, -0.1) is 0 Å². The lowest BCUT2D eigenvalue weighted by Crippen LogP contribution is -2.43. The quantitative estimate of drug-likeness (QED) is 0.816. The number of fused-ring (bicyclic) bond motifs is 1. The van der Waals surface area contributed by atoms with Gasteiger partial charge in [-0.2, -0.15) is 0 Å².